The number of hydrogen-bond donors (Lipinski definition) is 6. The second-order valence-electron chi connectivity index (χ2n) is 6.69. The fourth-order valence-electron chi connectivity index (χ4n) is 2.91. The van der Waals surface area contributed by atoms with Crippen LogP contribution in [0, 0.1) is 28.4 Å². The quantitative estimate of drug-likeness (QED) is 0.167. The van der Waals surface area contributed by atoms with Crippen molar-refractivity contribution in [3.8, 4) is 6.07 Å². The zero-order chi connectivity index (χ0) is 23.5. The lowest BCUT2D eigenvalue weighted by atomic mass is 10.0. The summed E-state index contributed by atoms with van der Waals surface area (Å²) in [6.07, 6.45) is 4.07. The maximum absolute atomic E-state index is 15.2. The number of nitrogens with two attached hydrogens (primary N) is 1. The predicted molar refractivity (Wildman–Crippen MR) is 130 cm³/mol. The molecule has 0 spiro atoms. The van der Waals surface area contributed by atoms with Crippen LogP contribution in [0.3, 0.4) is 0 Å². The van der Waals surface area contributed by atoms with Gasteiger partial charge in [-0.15, -0.1) is 0 Å². The smallest absolute Gasteiger partial charge is 0.263 e. The Morgan fingerprint density at radius 1 is 1.31 bits per heavy atom. The Balaban J connectivity index is 1.89. The topological polar surface area (TPSA) is 131 Å². The predicted octanol–water partition coefficient (Wildman–Crippen LogP) is 4.17. The van der Waals surface area contributed by atoms with Gasteiger partial charge in [0.1, 0.15) is 17.7 Å². The highest BCUT2D eigenvalue weighted by molar-refractivity contribution is 9.18. The van der Waals surface area contributed by atoms with Gasteiger partial charge in [-0.25, -0.2) is 13.8 Å². The zero-order valence-electron chi connectivity index (χ0n) is 16.4. The second-order valence-corrected chi connectivity index (χ2v) is 12.6. The largest absolute Gasteiger partial charge is 0.383 e. The highest BCUT2D eigenvalue weighted by Gasteiger charge is 2.24. The van der Waals surface area contributed by atoms with Gasteiger partial charge < -0.3 is 20.8 Å². The number of aromatic amines is 1. The standard InChI is InChI=1S/C20H18F2N6OS3/c21-15-3-4-16(28-32(30,31)17-6-12(7-23)10-27-20(17)29)18(22)14(15)2-1-11-5-13(8-24)19(25)26-9-11/h3-6,8-10,24,28,30-31H,1-2H2,(H2,25,26)(H,27,29). The molecule has 0 atom stereocenters. The van der Waals surface area contributed by atoms with E-state index in [-0.39, 0.29) is 40.4 Å². The first-order valence-electron chi connectivity index (χ1n) is 9.07. The summed E-state index contributed by atoms with van der Waals surface area (Å²) in [5.74, 6) is -1.37. The third-order valence-corrected chi connectivity index (χ3v) is 7.72. The summed E-state index contributed by atoms with van der Waals surface area (Å²) in [5, 5.41) is 16.4. The van der Waals surface area contributed by atoms with Crippen LogP contribution >= 0.6 is 31.6 Å². The molecule has 166 valence electrons. The van der Waals surface area contributed by atoms with E-state index in [4.69, 9.17) is 16.4 Å². The van der Waals surface area contributed by atoms with Crippen LogP contribution < -0.4 is 16.0 Å². The molecule has 0 saturated carbocycles. The molecule has 0 amide bonds. The average molecular weight is 493 g/mol. The number of nitriles is 1. The van der Waals surface area contributed by atoms with Crippen LogP contribution in [0.15, 0.2) is 46.3 Å². The zero-order valence-corrected chi connectivity index (χ0v) is 19.0. The van der Waals surface area contributed by atoms with E-state index in [1.165, 1.54) is 24.5 Å². The minimum atomic E-state index is -2.68. The maximum atomic E-state index is 15.2. The molecule has 0 bridgehead atoms. The molecule has 0 radical (unpaired) electrons. The van der Waals surface area contributed by atoms with E-state index in [1.807, 2.05) is 6.07 Å². The summed E-state index contributed by atoms with van der Waals surface area (Å²) in [7, 11) is -2.68. The third-order valence-electron chi connectivity index (χ3n) is 4.57. The van der Waals surface area contributed by atoms with Crippen molar-refractivity contribution in [2.45, 2.75) is 17.7 Å². The van der Waals surface area contributed by atoms with Crippen LogP contribution in [0.25, 0.3) is 0 Å². The molecule has 0 aliphatic heterocycles. The Kier molecular flexibility index (Phi) is 7.12. The fraction of sp³-hybridized carbons (Fsp3) is 0.100. The van der Waals surface area contributed by atoms with Crippen LogP contribution in [0.5, 0.6) is 0 Å². The number of nitrogens with one attached hydrogen (secondary N) is 3. The number of aryl methyl sites for hydroxylation is 1. The molecule has 0 aliphatic carbocycles. The second kappa shape index (κ2) is 9.64. The molecular weight excluding hydrogens is 474 g/mol. The average Bonchev–Trinajstić information content (AvgIpc) is 2.76. The highest BCUT2D eigenvalue weighted by Crippen LogP contribution is 2.62. The van der Waals surface area contributed by atoms with E-state index >= 15 is 4.39 Å². The van der Waals surface area contributed by atoms with E-state index in [1.54, 1.807) is 6.07 Å². The van der Waals surface area contributed by atoms with Gasteiger partial charge in [0.2, 0.25) is 0 Å². The van der Waals surface area contributed by atoms with Crippen molar-refractivity contribution in [3.05, 3.63) is 80.9 Å². The number of nitrogens with zero attached hydrogens (tertiary/aromatic N) is 2. The number of benzene rings is 1. The van der Waals surface area contributed by atoms with Crippen LogP contribution in [0.4, 0.5) is 20.3 Å². The molecule has 0 fully saturated rings. The Labute approximate surface area is 193 Å². The first kappa shape index (κ1) is 23.6. The minimum Gasteiger partial charge on any atom is -0.383 e. The molecule has 3 aromatic rings. The molecule has 32 heavy (non-hydrogen) atoms. The molecule has 12 heteroatoms. The highest BCUT2D eigenvalue weighted by atomic mass is 33.5. The molecular formula is C20H18F2N6OS3. The van der Waals surface area contributed by atoms with Gasteiger partial charge in [0.05, 0.1) is 16.1 Å². The fourth-order valence-corrected chi connectivity index (χ4v) is 5.50. The van der Waals surface area contributed by atoms with Crippen LogP contribution in [0.2, 0.25) is 0 Å². The first-order valence-corrected chi connectivity index (χ1v) is 12.8. The third kappa shape index (κ3) is 5.07. The van der Waals surface area contributed by atoms with Gasteiger partial charge in [-0.3, -0.25) is 4.79 Å². The molecule has 0 aliphatic rings. The van der Waals surface area contributed by atoms with Gasteiger partial charge in [0, 0.05) is 29.7 Å². The summed E-state index contributed by atoms with van der Waals surface area (Å²) < 4.78 is 32.3. The summed E-state index contributed by atoms with van der Waals surface area (Å²) in [5.41, 5.74) is 6.15. The Morgan fingerprint density at radius 3 is 2.75 bits per heavy atom. The number of hydrogen-bond acceptors (Lipinski definition) is 8. The lowest BCUT2D eigenvalue weighted by Gasteiger charge is -2.30. The summed E-state index contributed by atoms with van der Waals surface area (Å²) >= 11 is 8.79. The van der Waals surface area contributed by atoms with Crippen LogP contribution in [-0.4, -0.2) is 16.2 Å². The molecule has 0 saturated heterocycles. The maximum Gasteiger partial charge on any atom is 0.263 e. The number of H-pyrrole nitrogens is 1. The number of anilines is 2. The summed E-state index contributed by atoms with van der Waals surface area (Å²) in [4.78, 5) is 18.7. The Morgan fingerprint density at radius 2 is 2.06 bits per heavy atom. The molecule has 1 aromatic carbocycles. The van der Waals surface area contributed by atoms with E-state index in [9.17, 15) is 9.18 Å². The van der Waals surface area contributed by atoms with Gasteiger partial charge >= 0.3 is 0 Å². The summed E-state index contributed by atoms with van der Waals surface area (Å²) in [6, 6.07) is 7.16. The van der Waals surface area contributed by atoms with Crippen molar-refractivity contribution in [2.24, 2.45) is 0 Å². The number of pyridine rings is 2. The Bertz CT molecular complexity index is 1290. The van der Waals surface area contributed by atoms with E-state index in [0.717, 1.165) is 12.3 Å². The first-order chi connectivity index (χ1) is 15.2. The Hall–Kier alpha value is -3.01. The number of thiol groups is 2. The lowest BCUT2D eigenvalue weighted by molar-refractivity contribution is 0.557. The van der Waals surface area contributed by atoms with Crippen molar-refractivity contribution in [1.29, 1.82) is 10.7 Å². The van der Waals surface area contributed by atoms with Crippen molar-refractivity contribution < 1.29 is 8.78 Å². The normalized spacial score (nSPS) is 11.6. The van der Waals surface area contributed by atoms with E-state index < -0.39 is 25.5 Å². The molecule has 2 aromatic heterocycles. The van der Waals surface area contributed by atoms with Gasteiger partial charge in [-0.05, 0) is 50.9 Å². The lowest BCUT2D eigenvalue weighted by Crippen LogP contribution is -2.15. The number of aromatic nitrogens is 2. The van der Waals surface area contributed by atoms with Crippen molar-refractivity contribution in [3.63, 3.8) is 0 Å². The van der Waals surface area contributed by atoms with Gasteiger partial charge in [0.15, 0.2) is 5.82 Å². The molecule has 0 unspecified atom stereocenters. The van der Waals surface area contributed by atoms with Crippen LogP contribution in [0.1, 0.15) is 22.3 Å². The minimum absolute atomic E-state index is 0.0161. The van der Waals surface area contributed by atoms with Gasteiger partial charge in [0.25, 0.3) is 5.56 Å². The molecule has 7 nitrogen and oxygen atoms in total. The number of halogens is 2. The van der Waals surface area contributed by atoms with Crippen molar-refractivity contribution in [1.82, 2.24) is 9.97 Å². The van der Waals surface area contributed by atoms with Gasteiger partial charge in [-0.2, -0.15) is 5.26 Å². The molecule has 2 heterocycles. The van der Waals surface area contributed by atoms with E-state index in [0.29, 0.717) is 11.1 Å². The summed E-state index contributed by atoms with van der Waals surface area (Å²) in [6.45, 7) is 0. The van der Waals surface area contributed by atoms with Crippen LogP contribution in [-0.2, 0) is 12.8 Å². The van der Waals surface area contributed by atoms with E-state index in [2.05, 4.69) is 38.0 Å². The number of rotatable bonds is 7. The van der Waals surface area contributed by atoms with Crippen molar-refractivity contribution >= 4 is 49.3 Å². The molecule has 3 rings (SSSR count). The van der Waals surface area contributed by atoms with Crippen molar-refractivity contribution in [2.75, 3.05) is 10.5 Å². The monoisotopic (exact) mass is 492 g/mol. The SMILES string of the molecule is N#Cc1c[nH]c(=O)c(S(S)(S)Nc2ccc(F)c(CCc3cnc(N)c(C=N)c3)c2F)c1. The molecule has 5 N–H and O–H groups in total. The van der Waals surface area contributed by atoms with Gasteiger partial charge in [-0.1, -0.05) is 23.3 Å². The number of nitrogen functional groups attached to an aromatic ring is 1.